The first-order valence-corrected chi connectivity index (χ1v) is 6.94. The number of carbonyl (C=O) groups is 1. The molecule has 0 saturated heterocycles. The third-order valence-corrected chi connectivity index (χ3v) is 3.74. The van der Waals surface area contributed by atoms with Gasteiger partial charge in [0.2, 0.25) is 5.91 Å². The SMILES string of the molecule is CCc1ncc(CNCC(=O)N(CC)CC)s1. The van der Waals surface area contributed by atoms with Gasteiger partial charge < -0.3 is 10.2 Å². The van der Waals surface area contributed by atoms with E-state index in [1.54, 1.807) is 11.3 Å². The molecule has 17 heavy (non-hydrogen) atoms. The van der Waals surface area contributed by atoms with E-state index in [0.29, 0.717) is 6.54 Å². The van der Waals surface area contributed by atoms with Crippen molar-refractivity contribution in [2.24, 2.45) is 0 Å². The summed E-state index contributed by atoms with van der Waals surface area (Å²) in [5.41, 5.74) is 0. The number of hydrogen-bond acceptors (Lipinski definition) is 4. The van der Waals surface area contributed by atoms with Gasteiger partial charge in [-0.2, -0.15) is 0 Å². The second kappa shape index (κ2) is 7.40. The van der Waals surface area contributed by atoms with Crippen LogP contribution < -0.4 is 5.32 Å². The van der Waals surface area contributed by atoms with E-state index in [1.807, 2.05) is 24.9 Å². The van der Waals surface area contributed by atoms with Crippen LogP contribution in [-0.4, -0.2) is 35.4 Å². The minimum Gasteiger partial charge on any atom is -0.342 e. The highest BCUT2D eigenvalue weighted by atomic mass is 32.1. The molecular formula is C12H21N3OS. The maximum atomic E-state index is 11.7. The van der Waals surface area contributed by atoms with Gasteiger partial charge in [0.1, 0.15) is 0 Å². The molecule has 0 atom stereocenters. The predicted molar refractivity (Wildman–Crippen MR) is 71.1 cm³/mol. The molecule has 0 aromatic carbocycles. The molecule has 1 aromatic heterocycles. The molecule has 0 radical (unpaired) electrons. The van der Waals surface area contributed by atoms with E-state index in [1.165, 1.54) is 4.88 Å². The molecule has 1 N–H and O–H groups in total. The molecule has 0 aliphatic carbocycles. The maximum Gasteiger partial charge on any atom is 0.236 e. The van der Waals surface area contributed by atoms with Gasteiger partial charge in [-0.15, -0.1) is 11.3 Å². The van der Waals surface area contributed by atoms with Crippen molar-refractivity contribution in [2.45, 2.75) is 33.7 Å². The van der Waals surface area contributed by atoms with Crippen LogP contribution in [0.5, 0.6) is 0 Å². The molecule has 1 amide bonds. The maximum absolute atomic E-state index is 11.7. The van der Waals surface area contributed by atoms with Crippen LogP contribution in [0.25, 0.3) is 0 Å². The van der Waals surface area contributed by atoms with Crippen molar-refractivity contribution in [3.8, 4) is 0 Å². The monoisotopic (exact) mass is 255 g/mol. The summed E-state index contributed by atoms with van der Waals surface area (Å²) in [6.07, 6.45) is 2.86. The van der Waals surface area contributed by atoms with Crippen molar-refractivity contribution < 1.29 is 4.79 Å². The van der Waals surface area contributed by atoms with Crippen molar-refractivity contribution in [3.05, 3.63) is 16.1 Å². The summed E-state index contributed by atoms with van der Waals surface area (Å²) in [5, 5.41) is 4.32. The minimum atomic E-state index is 0.162. The van der Waals surface area contributed by atoms with Crippen LogP contribution in [0, 0.1) is 0 Å². The first-order chi connectivity index (χ1) is 8.21. The van der Waals surface area contributed by atoms with Crippen LogP contribution in [0.4, 0.5) is 0 Å². The van der Waals surface area contributed by atoms with Gasteiger partial charge in [0.05, 0.1) is 11.6 Å². The van der Waals surface area contributed by atoms with E-state index in [-0.39, 0.29) is 5.91 Å². The second-order valence-electron chi connectivity index (χ2n) is 3.74. The van der Waals surface area contributed by atoms with Crippen molar-refractivity contribution in [1.29, 1.82) is 0 Å². The van der Waals surface area contributed by atoms with E-state index >= 15 is 0 Å². The van der Waals surface area contributed by atoms with Crippen LogP contribution in [-0.2, 0) is 17.8 Å². The summed E-state index contributed by atoms with van der Waals surface area (Å²) in [5.74, 6) is 0.162. The van der Waals surface area contributed by atoms with E-state index in [4.69, 9.17) is 0 Å². The zero-order chi connectivity index (χ0) is 12.7. The third kappa shape index (κ3) is 4.44. The predicted octanol–water partition coefficient (Wildman–Crippen LogP) is 1.66. The van der Waals surface area contributed by atoms with Gasteiger partial charge in [0, 0.05) is 30.7 Å². The number of likely N-dealkylation sites (N-methyl/N-ethyl adjacent to an activating group) is 1. The molecule has 0 spiro atoms. The lowest BCUT2D eigenvalue weighted by molar-refractivity contribution is -0.129. The Morgan fingerprint density at radius 3 is 2.65 bits per heavy atom. The summed E-state index contributed by atoms with van der Waals surface area (Å²) < 4.78 is 0. The number of carbonyl (C=O) groups excluding carboxylic acids is 1. The topological polar surface area (TPSA) is 45.2 Å². The fraction of sp³-hybridized carbons (Fsp3) is 0.667. The minimum absolute atomic E-state index is 0.162. The van der Waals surface area contributed by atoms with Gasteiger partial charge in [-0.1, -0.05) is 6.92 Å². The molecule has 1 heterocycles. The van der Waals surface area contributed by atoms with Gasteiger partial charge in [0.15, 0.2) is 0 Å². The first kappa shape index (κ1) is 14.1. The molecular weight excluding hydrogens is 234 g/mol. The highest BCUT2D eigenvalue weighted by Crippen LogP contribution is 2.12. The summed E-state index contributed by atoms with van der Waals surface area (Å²) in [4.78, 5) is 19.0. The lowest BCUT2D eigenvalue weighted by atomic mass is 10.4. The Kier molecular flexibility index (Phi) is 6.15. The zero-order valence-electron chi connectivity index (χ0n) is 10.8. The zero-order valence-corrected chi connectivity index (χ0v) is 11.6. The molecule has 96 valence electrons. The average Bonchev–Trinajstić information content (AvgIpc) is 2.78. The highest BCUT2D eigenvalue weighted by molar-refractivity contribution is 7.11. The molecule has 0 unspecified atom stereocenters. The fourth-order valence-corrected chi connectivity index (χ4v) is 2.41. The number of rotatable bonds is 7. The average molecular weight is 255 g/mol. The van der Waals surface area contributed by atoms with Crippen molar-refractivity contribution >= 4 is 17.2 Å². The quantitative estimate of drug-likeness (QED) is 0.806. The lowest BCUT2D eigenvalue weighted by Crippen LogP contribution is -2.37. The molecule has 5 heteroatoms. The van der Waals surface area contributed by atoms with Crippen LogP contribution in [0.3, 0.4) is 0 Å². The van der Waals surface area contributed by atoms with Gasteiger partial charge in [0.25, 0.3) is 0 Å². The summed E-state index contributed by atoms with van der Waals surface area (Å²) in [6, 6.07) is 0. The van der Waals surface area contributed by atoms with Crippen LogP contribution >= 0.6 is 11.3 Å². The van der Waals surface area contributed by atoms with E-state index < -0.39 is 0 Å². The van der Waals surface area contributed by atoms with Crippen LogP contribution in [0.15, 0.2) is 6.20 Å². The molecule has 0 saturated carbocycles. The highest BCUT2D eigenvalue weighted by Gasteiger charge is 2.08. The molecule has 0 fully saturated rings. The van der Waals surface area contributed by atoms with E-state index in [9.17, 15) is 4.79 Å². The van der Waals surface area contributed by atoms with E-state index in [2.05, 4.69) is 17.2 Å². The van der Waals surface area contributed by atoms with Gasteiger partial charge in [-0.05, 0) is 20.3 Å². The van der Waals surface area contributed by atoms with E-state index in [0.717, 1.165) is 31.1 Å². The number of aromatic nitrogens is 1. The second-order valence-corrected chi connectivity index (χ2v) is 4.94. The number of nitrogens with one attached hydrogen (secondary N) is 1. The largest absolute Gasteiger partial charge is 0.342 e. The lowest BCUT2D eigenvalue weighted by Gasteiger charge is -2.18. The van der Waals surface area contributed by atoms with Gasteiger partial charge in [-0.25, -0.2) is 4.98 Å². The van der Waals surface area contributed by atoms with Crippen molar-refractivity contribution in [3.63, 3.8) is 0 Å². The Hall–Kier alpha value is -0.940. The van der Waals surface area contributed by atoms with Crippen molar-refractivity contribution in [1.82, 2.24) is 15.2 Å². The van der Waals surface area contributed by atoms with Gasteiger partial charge >= 0.3 is 0 Å². The van der Waals surface area contributed by atoms with Crippen LogP contribution in [0.2, 0.25) is 0 Å². The first-order valence-electron chi connectivity index (χ1n) is 6.13. The number of aryl methyl sites for hydroxylation is 1. The number of hydrogen-bond donors (Lipinski definition) is 1. The molecule has 1 rings (SSSR count). The fourth-order valence-electron chi connectivity index (χ4n) is 1.57. The Labute approximate surface area is 107 Å². The van der Waals surface area contributed by atoms with Gasteiger partial charge in [-0.3, -0.25) is 4.79 Å². The normalized spacial score (nSPS) is 10.5. The molecule has 0 aliphatic rings. The number of thiazole rings is 1. The summed E-state index contributed by atoms with van der Waals surface area (Å²) in [6.45, 7) is 8.77. The third-order valence-electron chi connectivity index (χ3n) is 2.60. The summed E-state index contributed by atoms with van der Waals surface area (Å²) >= 11 is 1.71. The number of nitrogens with zero attached hydrogens (tertiary/aromatic N) is 2. The van der Waals surface area contributed by atoms with Crippen molar-refractivity contribution in [2.75, 3.05) is 19.6 Å². The molecule has 1 aromatic rings. The standard InChI is InChI=1S/C12H21N3OS/c1-4-11-14-8-10(17-11)7-13-9-12(16)15(5-2)6-3/h8,13H,4-7,9H2,1-3H3. The Bertz CT molecular complexity index is 347. The smallest absolute Gasteiger partial charge is 0.236 e. The molecule has 4 nitrogen and oxygen atoms in total. The van der Waals surface area contributed by atoms with Crippen LogP contribution in [0.1, 0.15) is 30.7 Å². The molecule has 0 bridgehead atoms. The Morgan fingerprint density at radius 1 is 1.41 bits per heavy atom. The molecule has 0 aliphatic heterocycles. The Balaban J connectivity index is 2.29. The summed E-state index contributed by atoms with van der Waals surface area (Å²) in [7, 11) is 0. The Morgan fingerprint density at radius 2 is 2.12 bits per heavy atom. The number of amides is 1.